The van der Waals surface area contributed by atoms with Crippen molar-refractivity contribution in [3.63, 3.8) is 0 Å². The lowest BCUT2D eigenvalue weighted by Crippen LogP contribution is -2.41. The van der Waals surface area contributed by atoms with Crippen molar-refractivity contribution in [3.8, 4) is 5.75 Å². The summed E-state index contributed by atoms with van der Waals surface area (Å²) in [5, 5.41) is 0.362. The summed E-state index contributed by atoms with van der Waals surface area (Å²) in [5.41, 5.74) is 2.03. The predicted molar refractivity (Wildman–Crippen MR) is 131 cm³/mol. The van der Waals surface area contributed by atoms with Crippen LogP contribution in [-0.2, 0) is 21.4 Å². The average Bonchev–Trinajstić information content (AvgIpc) is 2.80. The van der Waals surface area contributed by atoms with Crippen molar-refractivity contribution >= 4 is 33.2 Å². The Morgan fingerprint density at radius 1 is 1.06 bits per heavy atom. The van der Waals surface area contributed by atoms with E-state index in [0.717, 1.165) is 9.87 Å². The molecule has 0 aliphatic carbocycles. The molecule has 0 fully saturated rings. The van der Waals surface area contributed by atoms with Crippen molar-refractivity contribution in [3.05, 3.63) is 88.2 Å². The zero-order chi connectivity index (χ0) is 25.0. The first-order valence-electron chi connectivity index (χ1n) is 10.5. The van der Waals surface area contributed by atoms with Crippen molar-refractivity contribution in [1.82, 2.24) is 4.90 Å². The highest BCUT2D eigenvalue weighted by Crippen LogP contribution is 2.32. The fourth-order valence-corrected chi connectivity index (χ4v) is 5.19. The van der Waals surface area contributed by atoms with Gasteiger partial charge in [-0.25, -0.2) is 12.8 Å². The lowest BCUT2D eigenvalue weighted by atomic mass is 10.2. The minimum Gasteiger partial charge on any atom is -0.495 e. The summed E-state index contributed by atoms with van der Waals surface area (Å²) in [6.07, 6.45) is 0. The number of likely N-dealkylation sites (N-methyl/N-ethyl adjacent to an activating group) is 1. The van der Waals surface area contributed by atoms with Gasteiger partial charge in [-0.3, -0.25) is 9.10 Å². The number of hydrogen-bond donors (Lipinski definition) is 0. The van der Waals surface area contributed by atoms with Gasteiger partial charge in [-0.2, -0.15) is 0 Å². The van der Waals surface area contributed by atoms with Crippen LogP contribution in [0.5, 0.6) is 5.75 Å². The Morgan fingerprint density at radius 3 is 2.41 bits per heavy atom. The Hall–Kier alpha value is -3.10. The van der Waals surface area contributed by atoms with Crippen LogP contribution in [-0.4, -0.2) is 39.9 Å². The second-order valence-corrected chi connectivity index (χ2v) is 10.2. The number of anilines is 1. The maximum atomic E-state index is 14.1. The topological polar surface area (TPSA) is 66.9 Å². The van der Waals surface area contributed by atoms with Crippen molar-refractivity contribution < 1.29 is 22.3 Å². The normalized spacial score (nSPS) is 11.2. The number of hydrogen-bond acceptors (Lipinski definition) is 4. The predicted octanol–water partition coefficient (Wildman–Crippen LogP) is 4.96. The number of carbonyl (C=O) groups excluding carboxylic acids is 1. The molecular formula is C25H26ClFN2O4S. The number of benzene rings is 3. The van der Waals surface area contributed by atoms with Crippen LogP contribution in [0.15, 0.2) is 65.6 Å². The van der Waals surface area contributed by atoms with Crippen LogP contribution in [0.4, 0.5) is 10.1 Å². The number of sulfonamides is 1. The molecule has 0 atom stereocenters. The van der Waals surface area contributed by atoms with Crippen molar-refractivity contribution in [2.75, 3.05) is 25.0 Å². The van der Waals surface area contributed by atoms with Gasteiger partial charge in [-0.1, -0.05) is 41.9 Å². The molecule has 3 aromatic carbocycles. The molecule has 0 heterocycles. The van der Waals surface area contributed by atoms with E-state index < -0.39 is 28.3 Å². The highest BCUT2D eigenvalue weighted by atomic mass is 35.5. The molecule has 180 valence electrons. The largest absolute Gasteiger partial charge is 0.495 e. The lowest BCUT2D eigenvalue weighted by molar-refractivity contribution is -0.128. The molecule has 0 N–H and O–H groups in total. The molecular weight excluding hydrogens is 479 g/mol. The van der Waals surface area contributed by atoms with E-state index >= 15 is 0 Å². The van der Waals surface area contributed by atoms with Crippen molar-refractivity contribution in [2.24, 2.45) is 0 Å². The first-order valence-corrected chi connectivity index (χ1v) is 12.3. The zero-order valence-corrected chi connectivity index (χ0v) is 21.0. The molecule has 9 heteroatoms. The quantitative estimate of drug-likeness (QED) is 0.435. The monoisotopic (exact) mass is 504 g/mol. The minimum atomic E-state index is -4.23. The molecule has 0 saturated heterocycles. The summed E-state index contributed by atoms with van der Waals surface area (Å²) in [5.74, 6) is -0.808. The van der Waals surface area contributed by atoms with Gasteiger partial charge in [0.15, 0.2) is 0 Å². The Labute approximate surface area is 204 Å². The SMILES string of the molecule is COc1ccc(C)cc1S(=O)(=O)N(CC(=O)N(C)Cc1ccccc1F)c1ccc(C)c(Cl)c1. The number of rotatable bonds is 8. The van der Waals surface area contributed by atoms with E-state index in [0.29, 0.717) is 16.1 Å². The Morgan fingerprint density at radius 2 is 1.76 bits per heavy atom. The van der Waals surface area contributed by atoms with Crippen LogP contribution < -0.4 is 9.04 Å². The summed E-state index contributed by atoms with van der Waals surface area (Å²) >= 11 is 6.28. The summed E-state index contributed by atoms with van der Waals surface area (Å²) in [6, 6.07) is 15.7. The van der Waals surface area contributed by atoms with E-state index in [1.165, 1.54) is 37.3 Å². The van der Waals surface area contributed by atoms with Crippen molar-refractivity contribution in [2.45, 2.75) is 25.3 Å². The minimum absolute atomic E-state index is 0.0121. The van der Waals surface area contributed by atoms with E-state index in [4.69, 9.17) is 16.3 Å². The van der Waals surface area contributed by atoms with E-state index in [1.54, 1.807) is 56.3 Å². The van der Waals surface area contributed by atoms with E-state index in [1.807, 2.05) is 0 Å². The lowest BCUT2D eigenvalue weighted by Gasteiger charge is -2.27. The smallest absolute Gasteiger partial charge is 0.268 e. The molecule has 1 amide bonds. The van der Waals surface area contributed by atoms with Gasteiger partial charge in [0.2, 0.25) is 5.91 Å². The van der Waals surface area contributed by atoms with Gasteiger partial charge < -0.3 is 9.64 Å². The number of methoxy groups -OCH3 is 1. The molecule has 0 spiro atoms. The molecule has 3 rings (SSSR count). The van der Waals surface area contributed by atoms with Gasteiger partial charge in [0, 0.05) is 24.2 Å². The summed E-state index contributed by atoms with van der Waals surface area (Å²) in [7, 11) is -1.36. The van der Waals surface area contributed by atoms with Gasteiger partial charge in [0.05, 0.1) is 12.8 Å². The van der Waals surface area contributed by atoms with Crippen LogP contribution >= 0.6 is 11.6 Å². The summed E-state index contributed by atoms with van der Waals surface area (Å²) < 4.78 is 48.0. The van der Waals surface area contributed by atoms with Crippen LogP contribution in [0, 0.1) is 19.7 Å². The summed E-state index contributed by atoms with van der Waals surface area (Å²) in [4.78, 5) is 14.3. The number of carbonyl (C=O) groups is 1. The number of ether oxygens (including phenoxy) is 1. The second kappa shape index (κ2) is 10.4. The average molecular weight is 505 g/mol. The third kappa shape index (κ3) is 5.51. The van der Waals surface area contributed by atoms with Crippen LogP contribution in [0.25, 0.3) is 0 Å². The molecule has 3 aromatic rings. The maximum Gasteiger partial charge on any atom is 0.268 e. The third-order valence-corrected chi connectivity index (χ3v) is 7.60. The Kier molecular flexibility index (Phi) is 7.84. The molecule has 0 unspecified atom stereocenters. The van der Waals surface area contributed by atoms with Gasteiger partial charge in [-0.15, -0.1) is 0 Å². The maximum absolute atomic E-state index is 14.1. The van der Waals surface area contributed by atoms with E-state index in [-0.39, 0.29) is 22.9 Å². The zero-order valence-electron chi connectivity index (χ0n) is 19.4. The molecule has 0 saturated carbocycles. The van der Waals surface area contributed by atoms with Crippen molar-refractivity contribution in [1.29, 1.82) is 0 Å². The van der Waals surface area contributed by atoms with Gasteiger partial charge >= 0.3 is 0 Å². The highest BCUT2D eigenvalue weighted by Gasteiger charge is 2.31. The second-order valence-electron chi connectivity index (χ2n) is 7.94. The molecule has 0 aliphatic heterocycles. The number of nitrogens with zero attached hydrogens (tertiary/aromatic N) is 2. The number of aryl methyl sites for hydroxylation is 2. The molecule has 0 radical (unpaired) electrons. The highest BCUT2D eigenvalue weighted by molar-refractivity contribution is 7.93. The molecule has 6 nitrogen and oxygen atoms in total. The standard InChI is InChI=1S/C25H26ClFN2O4S/c1-17-9-12-23(33-4)24(13-17)34(31,32)29(20-11-10-18(2)21(26)14-20)16-25(30)28(3)15-19-7-5-6-8-22(19)27/h5-14H,15-16H2,1-4H3. The summed E-state index contributed by atoms with van der Waals surface area (Å²) in [6.45, 7) is 3.03. The van der Waals surface area contributed by atoms with Gasteiger partial charge in [-0.05, 0) is 55.3 Å². The first-order chi connectivity index (χ1) is 16.0. The van der Waals surface area contributed by atoms with Crippen LogP contribution in [0.3, 0.4) is 0 Å². The Bertz CT molecular complexity index is 1310. The third-order valence-electron chi connectivity index (χ3n) is 5.40. The molecule has 34 heavy (non-hydrogen) atoms. The fourth-order valence-electron chi connectivity index (χ4n) is 3.37. The molecule has 0 aliphatic rings. The molecule has 0 aromatic heterocycles. The Balaban J connectivity index is 2.02. The van der Waals surface area contributed by atoms with Gasteiger partial charge in [0.25, 0.3) is 10.0 Å². The molecule has 0 bridgehead atoms. The van der Waals surface area contributed by atoms with Crippen LogP contribution in [0.1, 0.15) is 16.7 Å². The number of halogens is 2. The van der Waals surface area contributed by atoms with Gasteiger partial charge in [0.1, 0.15) is 23.0 Å². The fraction of sp³-hybridized carbons (Fsp3) is 0.240. The number of amides is 1. The van der Waals surface area contributed by atoms with E-state index in [2.05, 4.69) is 0 Å². The van der Waals surface area contributed by atoms with E-state index in [9.17, 15) is 17.6 Å². The first kappa shape index (κ1) is 25.5. The van der Waals surface area contributed by atoms with Crippen LogP contribution in [0.2, 0.25) is 5.02 Å².